The molecule has 1 aliphatic carbocycles. The summed E-state index contributed by atoms with van der Waals surface area (Å²) < 4.78 is 4.92. The zero-order valence-corrected chi connectivity index (χ0v) is 11.7. The van der Waals surface area contributed by atoms with E-state index in [0.29, 0.717) is 11.5 Å². The first-order chi connectivity index (χ1) is 9.49. The Morgan fingerprint density at radius 1 is 1.45 bits per heavy atom. The Labute approximate surface area is 117 Å². The Balaban J connectivity index is 1.85. The van der Waals surface area contributed by atoms with Crippen LogP contribution in [0.15, 0.2) is 18.2 Å². The normalized spacial score (nSPS) is 15.5. The van der Waals surface area contributed by atoms with Gasteiger partial charge in [0.05, 0.1) is 0 Å². The molecule has 0 spiro atoms. The fraction of sp³-hybridized carbons (Fsp3) is 0.467. The van der Waals surface area contributed by atoms with Gasteiger partial charge in [0.2, 0.25) is 0 Å². The molecule has 5 heteroatoms. The molecule has 2 N–H and O–H groups in total. The molecule has 0 aromatic heterocycles. The van der Waals surface area contributed by atoms with Gasteiger partial charge in [-0.1, -0.05) is 12.1 Å². The first-order valence-corrected chi connectivity index (χ1v) is 6.74. The van der Waals surface area contributed by atoms with Crippen molar-refractivity contribution >= 4 is 11.9 Å². The van der Waals surface area contributed by atoms with Crippen LogP contribution in [0.4, 0.5) is 0 Å². The number of hydrogen-bond acceptors (Lipinski definition) is 4. The number of carbonyl (C=O) groups is 2. The van der Waals surface area contributed by atoms with Crippen LogP contribution in [-0.4, -0.2) is 29.6 Å². The number of hydrogen-bond donors (Lipinski definition) is 2. The van der Waals surface area contributed by atoms with Gasteiger partial charge in [-0.15, -0.1) is 0 Å². The molecular weight excluding hydrogens is 258 g/mol. The molecule has 0 heterocycles. The van der Waals surface area contributed by atoms with E-state index >= 15 is 0 Å². The number of ether oxygens (including phenoxy) is 1. The van der Waals surface area contributed by atoms with Crippen molar-refractivity contribution in [1.82, 2.24) is 5.32 Å². The lowest BCUT2D eigenvalue weighted by atomic mass is 10.1. The number of amides is 1. The molecule has 1 aliphatic rings. The van der Waals surface area contributed by atoms with Crippen LogP contribution >= 0.6 is 0 Å². The molecule has 20 heavy (non-hydrogen) atoms. The van der Waals surface area contributed by atoms with Crippen molar-refractivity contribution in [3.8, 4) is 5.75 Å². The Morgan fingerprint density at radius 3 is 2.80 bits per heavy atom. The number of nitrogens with one attached hydrogen (secondary N) is 1. The van der Waals surface area contributed by atoms with Gasteiger partial charge in [-0.2, -0.15) is 0 Å². The minimum Gasteiger partial charge on any atom is -0.507 e. The lowest BCUT2D eigenvalue weighted by Gasteiger charge is -2.13. The third-order valence-corrected chi connectivity index (χ3v) is 3.51. The van der Waals surface area contributed by atoms with Gasteiger partial charge in [-0.3, -0.25) is 4.79 Å². The lowest BCUT2D eigenvalue weighted by molar-refractivity contribution is -0.125. The molecule has 1 fully saturated rings. The molecule has 1 aromatic rings. The smallest absolute Gasteiger partial charge is 0.342 e. The van der Waals surface area contributed by atoms with Crippen LogP contribution in [0, 0.1) is 12.8 Å². The van der Waals surface area contributed by atoms with Gasteiger partial charge in [-0.05, 0) is 44.2 Å². The summed E-state index contributed by atoms with van der Waals surface area (Å²) in [5.41, 5.74) is 0.666. The first kappa shape index (κ1) is 14.4. The SMILES string of the molecule is Cc1cccc(C(=O)OCC(=O)N[C@H](C)C2CC2)c1O. The number of phenolic OH excluding ortho intramolecular Hbond substituents is 1. The van der Waals surface area contributed by atoms with Gasteiger partial charge < -0.3 is 15.2 Å². The lowest BCUT2D eigenvalue weighted by Crippen LogP contribution is -2.37. The molecule has 0 bridgehead atoms. The second kappa shape index (κ2) is 5.94. The highest BCUT2D eigenvalue weighted by atomic mass is 16.5. The molecule has 1 atom stereocenters. The van der Waals surface area contributed by atoms with Gasteiger partial charge in [-0.25, -0.2) is 4.79 Å². The summed E-state index contributed by atoms with van der Waals surface area (Å²) in [7, 11) is 0. The maximum Gasteiger partial charge on any atom is 0.342 e. The van der Waals surface area contributed by atoms with Crippen molar-refractivity contribution in [3.63, 3.8) is 0 Å². The van der Waals surface area contributed by atoms with Crippen LogP contribution < -0.4 is 5.32 Å². The minimum atomic E-state index is -0.694. The Hall–Kier alpha value is -2.04. The number of aromatic hydroxyl groups is 1. The fourth-order valence-electron chi connectivity index (χ4n) is 2.04. The number of esters is 1. The van der Waals surface area contributed by atoms with Crippen LogP contribution in [0.25, 0.3) is 0 Å². The number of aryl methyl sites for hydroxylation is 1. The minimum absolute atomic E-state index is 0.0769. The molecule has 0 aliphatic heterocycles. The van der Waals surface area contributed by atoms with E-state index in [2.05, 4.69) is 5.32 Å². The molecule has 1 aromatic carbocycles. The number of carbonyl (C=O) groups excluding carboxylic acids is 2. The summed E-state index contributed by atoms with van der Waals surface area (Å²) in [6.45, 7) is 3.31. The number of benzene rings is 1. The molecule has 0 saturated heterocycles. The van der Waals surface area contributed by atoms with Crippen LogP contribution in [-0.2, 0) is 9.53 Å². The summed E-state index contributed by atoms with van der Waals surface area (Å²) in [6, 6.07) is 4.93. The van der Waals surface area contributed by atoms with Crippen LogP contribution in [0.2, 0.25) is 0 Å². The van der Waals surface area contributed by atoms with Crippen molar-refractivity contribution in [1.29, 1.82) is 0 Å². The van der Waals surface area contributed by atoms with E-state index in [1.54, 1.807) is 19.1 Å². The standard InChI is InChI=1S/C15H19NO4/c1-9-4-3-5-12(14(9)18)15(19)20-8-13(17)16-10(2)11-6-7-11/h3-5,10-11,18H,6-8H2,1-2H3,(H,16,17)/t10-/m1/s1. The number of phenols is 1. The monoisotopic (exact) mass is 277 g/mol. The molecule has 0 unspecified atom stereocenters. The van der Waals surface area contributed by atoms with E-state index in [1.165, 1.54) is 6.07 Å². The summed E-state index contributed by atoms with van der Waals surface area (Å²) >= 11 is 0. The Kier molecular flexibility index (Phi) is 4.27. The second-order valence-corrected chi connectivity index (χ2v) is 5.24. The zero-order chi connectivity index (χ0) is 14.7. The highest BCUT2D eigenvalue weighted by Crippen LogP contribution is 2.32. The number of rotatable bonds is 5. The van der Waals surface area contributed by atoms with E-state index in [4.69, 9.17) is 4.74 Å². The average Bonchev–Trinajstić information content (AvgIpc) is 3.23. The van der Waals surface area contributed by atoms with Crippen molar-refractivity contribution < 1.29 is 19.4 Å². The van der Waals surface area contributed by atoms with Gasteiger partial charge >= 0.3 is 5.97 Å². The average molecular weight is 277 g/mol. The second-order valence-electron chi connectivity index (χ2n) is 5.24. The largest absolute Gasteiger partial charge is 0.507 e. The van der Waals surface area contributed by atoms with Crippen LogP contribution in [0.3, 0.4) is 0 Å². The van der Waals surface area contributed by atoms with E-state index in [-0.39, 0.29) is 29.9 Å². The van der Waals surface area contributed by atoms with E-state index in [1.807, 2.05) is 6.92 Å². The highest BCUT2D eigenvalue weighted by molar-refractivity contribution is 5.94. The van der Waals surface area contributed by atoms with E-state index in [9.17, 15) is 14.7 Å². The van der Waals surface area contributed by atoms with Crippen molar-refractivity contribution in [3.05, 3.63) is 29.3 Å². The molecule has 108 valence electrons. The van der Waals surface area contributed by atoms with Crippen molar-refractivity contribution in [2.24, 2.45) is 5.92 Å². The molecule has 1 amide bonds. The van der Waals surface area contributed by atoms with Crippen LogP contribution in [0.1, 0.15) is 35.7 Å². The molecular formula is C15H19NO4. The third-order valence-electron chi connectivity index (χ3n) is 3.51. The predicted octanol–water partition coefficient (Wildman–Crippen LogP) is 1.77. The van der Waals surface area contributed by atoms with Gasteiger partial charge in [0.25, 0.3) is 5.91 Å². The van der Waals surface area contributed by atoms with Gasteiger partial charge in [0, 0.05) is 6.04 Å². The van der Waals surface area contributed by atoms with Gasteiger partial charge in [0.15, 0.2) is 6.61 Å². The van der Waals surface area contributed by atoms with Crippen molar-refractivity contribution in [2.45, 2.75) is 32.7 Å². The van der Waals surface area contributed by atoms with E-state index < -0.39 is 5.97 Å². The summed E-state index contributed by atoms with van der Waals surface area (Å²) in [5, 5.41) is 12.6. The maximum atomic E-state index is 11.8. The fourth-order valence-corrected chi connectivity index (χ4v) is 2.04. The van der Waals surface area contributed by atoms with Gasteiger partial charge in [0.1, 0.15) is 11.3 Å². The summed E-state index contributed by atoms with van der Waals surface area (Å²) in [5.74, 6) is -0.565. The Morgan fingerprint density at radius 2 is 2.15 bits per heavy atom. The summed E-state index contributed by atoms with van der Waals surface area (Å²) in [4.78, 5) is 23.4. The topological polar surface area (TPSA) is 75.6 Å². The summed E-state index contributed by atoms with van der Waals surface area (Å²) in [6.07, 6.45) is 2.27. The number of para-hydroxylation sites is 1. The molecule has 5 nitrogen and oxygen atoms in total. The van der Waals surface area contributed by atoms with Crippen molar-refractivity contribution in [2.75, 3.05) is 6.61 Å². The zero-order valence-electron chi connectivity index (χ0n) is 11.7. The van der Waals surface area contributed by atoms with E-state index in [0.717, 1.165) is 12.8 Å². The predicted molar refractivity (Wildman–Crippen MR) is 73.5 cm³/mol. The molecule has 1 saturated carbocycles. The third kappa shape index (κ3) is 3.50. The first-order valence-electron chi connectivity index (χ1n) is 6.74. The maximum absolute atomic E-state index is 11.8. The quantitative estimate of drug-likeness (QED) is 0.804. The molecule has 2 rings (SSSR count). The Bertz CT molecular complexity index is 523. The highest BCUT2D eigenvalue weighted by Gasteiger charge is 2.29. The molecule has 0 radical (unpaired) electrons. The van der Waals surface area contributed by atoms with Crippen LogP contribution in [0.5, 0.6) is 5.75 Å².